The SMILES string of the molecule is NC(=O)Cc1ccc(NC(=O)c2csc(-c3ccc(Cl)cc3)n2)cc1. The number of hydrogen-bond acceptors (Lipinski definition) is 4. The maximum absolute atomic E-state index is 12.3. The zero-order valence-corrected chi connectivity index (χ0v) is 14.6. The summed E-state index contributed by atoms with van der Waals surface area (Å²) in [5.74, 6) is -0.687. The van der Waals surface area contributed by atoms with E-state index in [2.05, 4.69) is 10.3 Å². The number of nitrogens with two attached hydrogens (primary N) is 1. The van der Waals surface area contributed by atoms with Gasteiger partial charge in [-0.25, -0.2) is 4.98 Å². The summed E-state index contributed by atoms with van der Waals surface area (Å²) in [5.41, 5.74) is 7.82. The molecule has 0 aliphatic heterocycles. The van der Waals surface area contributed by atoms with Crippen molar-refractivity contribution in [1.82, 2.24) is 4.98 Å². The van der Waals surface area contributed by atoms with Gasteiger partial charge in [0.2, 0.25) is 5.91 Å². The number of amides is 2. The minimum absolute atomic E-state index is 0.171. The summed E-state index contributed by atoms with van der Waals surface area (Å²) in [6, 6.07) is 14.2. The molecule has 0 fully saturated rings. The first-order valence-corrected chi connectivity index (χ1v) is 8.67. The van der Waals surface area contributed by atoms with Crippen molar-refractivity contribution >= 4 is 40.4 Å². The van der Waals surface area contributed by atoms with Gasteiger partial charge < -0.3 is 11.1 Å². The van der Waals surface area contributed by atoms with Gasteiger partial charge in [-0.1, -0.05) is 35.9 Å². The van der Waals surface area contributed by atoms with Gasteiger partial charge in [0.25, 0.3) is 5.91 Å². The number of benzene rings is 2. The molecule has 25 heavy (non-hydrogen) atoms. The number of aromatic nitrogens is 1. The molecule has 0 spiro atoms. The lowest BCUT2D eigenvalue weighted by molar-refractivity contribution is -0.117. The Morgan fingerprint density at radius 3 is 2.40 bits per heavy atom. The van der Waals surface area contributed by atoms with E-state index in [-0.39, 0.29) is 12.3 Å². The normalized spacial score (nSPS) is 10.4. The van der Waals surface area contributed by atoms with Gasteiger partial charge in [-0.05, 0) is 29.8 Å². The number of halogens is 1. The van der Waals surface area contributed by atoms with Gasteiger partial charge in [-0.2, -0.15) is 0 Å². The van der Waals surface area contributed by atoms with Crippen LogP contribution in [0.15, 0.2) is 53.9 Å². The van der Waals surface area contributed by atoms with Crippen LogP contribution in [0.4, 0.5) is 5.69 Å². The highest BCUT2D eigenvalue weighted by molar-refractivity contribution is 7.13. The molecule has 3 N–H and O–H groups in total. The number of carbonyl (C=O) groups excluding carboxylic acids is 2. The molecule has 0 saturated heterocycles. The van der Waals surface area contributed by atoms with E-state index in [1.54, 1.807) is 41.8 Å². The predicted octanol–water partition coefficient (Wildman–Crippen LogP) is 3.74. The molecule has 2 amide bonds. The molecular weight excluding hydrogens is 358 g/mol. The molecule has 0 aliphatic rings. The van der Waals surface area contributed by atoms with Crippen molar-refractivity contribution in [2.24, 2.45) is 5.73 Å². The van der Waals surface area contributed by atoms with Crippen LogP contribution in [0, 0.1) is 0 Å². The Labute approximate surface area is 153 Å². The lowest BCUT2D eigenvalue weighted by atomic mass is 10.1. The van der Waals surface area contributed by atoms with Crippen LogP contribution >= 0.6 is 22.9 Å². The van der Waals surface area contributed by atoms with Crippen LogP contribution in [-0.4, -0.2) is 16.8 Å². The van der Waals surface area contributed by atoms with E-state index in [1.165, 1.54) is 11.3 Å². The zero-order valence-electron chi connectivity index (χ0n) is 13.0. The number of anilines is 1. The fraction of sp³-hybridized carbons (Fsp3) is 0.0556. The van der Waals surface area contributed by atoms with Crippen molar-refractivity contribution in [2.75, 3.05) is 5.32 Å². The highest BCUT2D eigenvalue weighted by Crippen LogP contribution is 2.25. The number of carbonyl (C=O) groups is 2. The second-order valence-electron chi connectivity index (χ2n) is 5.34. The molecule has 1 aromatic heterocycles. The quantitative estimate of drug-likeness (QED) is 0.716. The Kier molecular flexibility index (Phi) is 5.11. The minimum Gasteiger partial charge on any atom is -0.369 e. The Morgan fingerprint density at radius 1 is 1.08 bits per heavy atom. The van der Waals surface area contributed by atoms with Crippen LogP contribution in [0.1, 0.15) is 16.1 Å². The molecule has 0 aliphatic carbocycles. The van der Waals surface area contributed by atoms with Crippen LogP contribution in [0.3, 0.4) is 0 Å². The van der Waals surface area contributed by atoms with Crippen molar-refractivity contribution in [1.29, 1.82) is 0 Å². The van der Waals surface area contributed by atoms with Crippen molar-refractivity contribution in [2.45, 2.75) is 6.42 Å². The smallest absolute Gasteiger partial charge is 0.275 e. The molecule has 3 aromatic rings. The van der Waals surface area contributed by atoms with Crippen LogP contribution in [0.2, 0.25) is 5.02 Å². The number of nitrogens with one attached hydrogen (secondary N) is 1. The van der Waals surface area contributed by atoms with E-state index in [0.717, 1.165) is 16.1 Å². The largest absolute Gasteiger partial charge is 0.369 e. The van der Waals surface area contributed by atoms with Crippen LogP contribution in [0.25, 0.3) is 10.6 Å². The molecule has 0 bridgehead atoms. The third kappa shape index (κ3) is 4.43. The van der Waals surface area contributed by atoms with Crippen molar-refractivity contribution in [3.05, 3.63) is 70.2 Å². The first kappa shape index (κ1) is 17.1. The van der Waals surface area contributed by atoms with E-state index < -0.39 is 5.91 Å². The zero-order chi connectivity index (χ0) is 17.8. The molecule has 0 atom stereocenters. The average Bonchev–Trinajstić information content (AvgIpc) is 3.07. The number of nitrogens with zero attached hydrogens (tertiary/aromatic N) is 1. The predicted molar refractivity (Wildman–Crippen MR) is 99.9 cm³/mol. The summed E-state index contributed by atoms with van der Waals surface area (Å²) >= 11 is 7.27. The fourth-order valence-electron chi connectivity index (χ4n) is 2.21. The number of thiazole rings is 1. The maximum Gasteiger partial charge on any atom is 0.275 e. The molecule has 3 rings (SSSR count). The van der Waals surface area contributed by atoms with Crippen LogP contribution in [0.5, 0.6) is 0 Å². The summed E-state index contributed by atoms with van der Waals surface area (Å²) in [4.78, 5) is 27.6. The molecule has 2 aromatic carbocycles. The molecule has 5 nitrogen and oxygen atoms in total. The summed E-state index contributed by atoms with van der Waals surface area (Å²) in [7, 11) is 0. The molecule has 0 radical (unpaired) electrons. The van der Waals surface area contributed by atoms with E-state index in [0.29, 0.717) is 16.4 Å². The Balaban J connectivity index is 1.69. The summed E-state index contributed by atoms with van der Waals surface area (Å²) in [5, 5.41) is 5.89. The van der Waals surface area contributed by atoms with E-state index in [1.807, 2.05) is 12.1 Å². The van der Waals surface area contributed by atoms with Crippen LogP contribution in [-0.2, 0) is 11.2 Å². The molecule has 7 heteroatoms. The van der Waals surface area contributed by atoms with Gasteiger partial charge in [0.15, 0.2) is 0 Å². The monoisotopic (exact) mass is 371 g/mol. The standard InChI is InChI=1S/C18H14ClN3O2S/c19-13-5-3-12(4-6-13)18-22-15(10-25-18)17(24)21-14-7-1-11(2-8-14)9-16(20)23/h1-8,10H,9H2,(H2,20,23)(H,21,24). The molecular formula is C18H14ClN3O2S. The van der Waals surface area contributed by atoms with E-state index >= 15 is 0 Å². The number of primary amides is 1. The second-order valence-corrected chi connectivity index (χ2v) is 6.63. The first-order valence-electron chi connectivity index (χ1n) is 7.41. The van der Waals surface area contributed by atoms with Gasteiger partial charge in [-0.3, -0.25) is 9.59 Å². The van der Waals surface area contributed by atoms with E-state index in [4.69, 9.17) is 17.3 Å². The number of rotatable bonds is 5. The topological polar surface area (TPSA) is 85.1 Å². The van der Waals surface area contributed by atoms with Gasteiger partial charge in [0, 0.05) is 21.7 Å². The Hall–Kier alpha value is -2.70. The lowest BCUT2D eigenvalue weighted by Crippen LogP contribution is -2.14. The van der Waals surface area contributed by atoms with Crippen molar-refractivity contribution in [3.8, 4) is 10.6 Å². The summed E-state index contributed by atoms with van der Waals surface area (Å²) in [6.45, 7) is 0. The van der Waals surface area contributed by atoms with Gasteiger partial charge in [-0.15, -0.1) is 11.3 Å². The molecule has 126 valence electrons. The Morgan fingerprint density at radius 2 is 1.76 bits per heavy atom. The fourth-order valence-corrected chi connectivity index (χ4v) is 3.14. The minimum atomic E-state index is -0.394. The van der Waals surface area contributed by atoms with Crippen molar-refractivity contribution < 1.29 is 9.59 Å². The van der Waals surface area contributed by atoms with Gasteiger partial charge >= 0.3 is 0 Å². The maximum atomic E-state index is 12.3. The molecule has 0 saturated carbocycles. The highest BCUT2D eigenvalue weighted by atomic mass is 35.5. The molecule has 0 unspecified atom stereocenters. The summed E-state index contributed by atoms with van der Waals surface area (Å²) < 4.78 is 0. The van der Waals surface area contributed by atoms with Gasteiger partial charge in [0.1, 0.15) is 10.7 Å². The van der Waals surface area contributed by atoms with Crippen molar-refractivity contribution in [3.63, 3.8) is 0 Å². The highest BCUT2D eigenvalue weighted by Gasteiger charge is 2.12. The van der Waals surface area contributed by atoms with Gasteiger partial charge in [0.05, 0.1) is 6.42 Å². The first-order chi connectivity index (χ1) is 12.0. The lowest BCUT2D eigenvalue weighted by Gasteiger charge is -2.04. The average molecular weight is 372 g/mol. The number of hydrogen-bond donors (Lipinski definition) is 2. The van der Waals surface area contributed by atoms with Crippen LogP contribution < -0.4 is 11.1 Å². The Bertz CT molecular complexity index is 905. The summed E-state index contributed by atoms with van der Waals surface area (Å²) in [6.07, 6.45) is 0.171. The molecule has 1 heterocycles. The second kappa shape index (κ2) is 7.46. The third-order valence-corrected chi connectivity index (χ3v) is 4.56. The van der Waals surface area contributed by atoms with E-state index in [9.17, 15) is 9.59 Å². The third-order valence-electron chi connectivity index (χ3n) is 3.42.